The van der Waals surface area contributed by atoms with Crippen molar-refractivity contribution in [2.45, 2.75) is 51.1 Å². The Balaban J connectivity index is 1.30. The predicted octanol–water partition coefficient (Wildman–Crippen LogP) is 3.68. The van der Waals surface area contributed by atoms with Gasteiger partial charge in [0.25, 0.3) is 5.91 Å². The van der Waals surface area contributed by atoms with E-state index < -0.39 is 5.54 Å². The Morgan fingerprint density at radius 2 is 2.03 bits per heavy atom. The Kier molecular flexibility index (Phi) is 6.11. The van der Waals surface area contributed by atoms with Gasteiger partial charge in [-0.2, -0.15) is 0 Å². The number of hydrogen-bond donors (Lipinski definition) is 1. The summed E-state index contributed by atoms with van der Waals surface area (Å²) in [7, 11) is 1.85. The van der Waals surface area contributed by atoms with Crippen molar-refractivity contribution in [2.75, 3.05) is 43.0 Å². The fourth-order valence-corrected chi connectivity index (χ4v) is 6.57. The molecule has 0 saturated carbocycles. The Labute approximate surface area is 202 Å². The number of nitrogens with zero attached hydrogens (tertiary/aromatic N) is 3. The molecule has 2 fully saturated rings. The van der Waals surface area contributed by atoms with E-state index in [4.69, 9.17) is 0 Å². The number of carbonyl (C=O) groups excluding carboxylic acids is 2. The number of fused-ring (bicyclic) bond motifs is 4. The second-order valence-electron chi connectivity index (χ2n) is 9.99. The smallest absolute Gasteiger partial charge is 0.252 e. The molecule has 2 saturated heterocycles. The minimum atomic E-state index is -0.854. The highest BCUT2D eigenvalue weighted by atomic mass is 16.2. The topological polar surface area (TPSA) is 55.9 Å². The van der Waals surface area contributed by atoms with E-state index >= 15 is 0 Å². The van der Waals surface area contributed by atoms with Crippen molar-refractivity contribution in [1.29, 1.82) is 0 Å². The van der Waals surface area contributed by atoms with Gasteiger partial charge in [-0.05, 0) is 69.8 Å². The van der Waals surface area contributed by atoms with Crippen molar-refractivity contribution >= 4 is 23.2 Å². The number of rotatable bonds is 7. The number of anilines is 2. The monoisotopic (exact) mass is 460 g/mol. The molecule has 0 aromatic heterocycles. The molecule has 6 nitrogen and oxygen atoms in total. The standard InChI is InChI=1S/C28H36N4O2/c1-4-31(21-11-7-10-20(2)18-21)16-9-15-29-26(33)24-19-22-12-8-17-32(22)28(24)23-13-5-6-14-25(23)30(3)27(28)34/h5-7,10-11,13-14,18,22,24H,4,8-9,12,15-17,19H2,1-3H3,(H,29,33). The maximum absolute atomic E-state index is 13.8. The molecule has 34 heavy (non-hydrogen) atoms. The fraction of sp³-hybridized carbons (Fsp3) is 0.500. The van der Waals surface area contributed by atoms with Crippen LogP contribution in [-0.4, -0.2) is 56.0 Å². The number of likely N-dealkylation sites (N-methyl/N-ethyl adjacent to an activating group) is 1. The summed E-state index contributed by atoms with van der Waals surface area (Å²) >= 11 is 0. The van der Waals surface area contributed by atoms with E-state index in [1.54, 1.807) is 4.90 Å². The maximum atomic E-state index is 13.8. The van der Waals surface area contributed by atoms with E-state index in [9.17, 15) is 9.59 Å². The van der Waals surface area contributed by atoms with Gasteiger partial charge in [0.2, 0.25) is 5.91 Å². The van der Waals surface area contributed by atoms with E-state index in [0.717, 1.165) is 56.6 Å². The van der Waals surface area contributed by atoms with E-state index in [1.807, 2.05) is 25.2 Å². The first-order valence-electron chi connectivity index (χ1n) is 12.7. The van der Waals surface area contributed by atoms with Gasteiger partial charge in [-0.1, -0.05) is 30.3 Å². The third-order valence-electron chi connectivity index (χ3n) is 8.12. The number of para-hydroxylation sites is 1. The van der Waals surface area contributed by atoms with E-state index in [0.29, 0.717) is 12.6 Å². The van der Waals surface area contributed by atoms with Crippen LogP contribution in [0.4, 0.5) is 11.4 Å². The second-order valence-corrected chi connectivity index (χ2v) is 9.99. The van der Waals surface area contributed by atoms with Gasteiger partial charge in [-0.3, -0.25) is 14.5 Å². The Morgan fingerprint density at radius 1 is 1.21 bits per heavy atom. The number of amides is 2. The largest absolute Gasteiger partial charge is 0.372 e. The molecule has 180 valence electrons. The van der Waals surface area contributed by atoms with Crippen LogP contribution in [0.25, 0.3) is 0 Å². The second kappa shape index (κ2) is 9.06. The van der Waals surface area contributed by atoms with Gasteiger partial charge in [0.15, 0.2) is 0 Å². The predicted molar refractivity (Wildman–Crippen MR) is 136 cm³/mol. The van der Waals surface area contributed by atoms with Gasteiger partial charge in [-0.25, -0.2) is 0 Å². The average molecular weight is 461 g/mol. The molecule has 3 aliphatic heterocycles. The quantitative estimate of drug-likeness (QED) is 0.641. The molecule has 3 heterocycles. The summed E-state index contributed by atoms with van der Waals surface area (Å²) in [6.45, 7) is 7.58. The first-order valence-corrected chi connectivity index (χ1v) is 12.7. The normalized spacial score (nSPS) is 25.6. The lowest BCUT2D eigenvalue weighted by atomic mass is 9.78. The summed E-state index contributed by atoms with van der Waals surface area (Å²) in [5.41, 5.74) is 3.56. The Hall–Kier alpha value is -2.86. The van der Waals surface area contributed by atoms with Crippen molar-refractivity contribution in [3.05, 3.63) is 59.7 Å². The molecule has 5 rings (SSSR count). The highest BCUT2D eigenvalue weighted by Crippen LogP contribution is 2.56. The van der Waals surface area contributed by atoms with Crippen LogP contribution in [0.5, 0.6) is 0 Å². The van der Waals surface area contributed by atoms with Crippen molar-refractivity contribution in [1.82, 2.24) is 10.2 Å². The third kappa shape index (κ3) is 3.50. The lowest BCUT2D eigenvalue weighted by Crippen LogP contribution is -2.55. The van der Waals surface area contributed by atoms with Crippen molar-refractivity contribution < 1.29 is 9.59 Å². The van der Waals surface area contributed by atoms with Crippen molar-refractivity contribution in [3.63, 3.8) is 0 Å². The molecule has 2 amide bonds. The molecule has 6 heteroatoms. The minimum Gasteiger partial charge on any atom is -0.372 e. The molecule has 0 bridgehead atoms. The molecule has 2 aromatic rings. The number of nitrogens with one attached hydrogen (secondary N) is 1. The van der Waals surface area contributed by atoms with Gasteiger partial charge in [0, 0.05) is 49.7 Å². The van der Waals surface area contributed by atoms with Gasteiger partial charge >= 0.3 is 0 Å². The zero-order valence-electron chi connectivity index (χ0n) is 20.6. The van der Waals surface area contributed by atoms with Crippen LogP contribution < -0.4 is 15.1 Å². The van der Waals surface area contributed by atoms with Gasteiger partial charge in [0.05, 0.1) is 5.92 Å². The number of carbonyl (C=O) groups is 2. The van der Waals surface area contributed by atoms with Gasteiger partial charge < -0.3 is 15.1 Å². The SMILES string of the molecule is CCN(CCCNC(=O)C1CC2CCCN2C12C(=O)N(C)c1ccccc12)c1cccc(C)c1. The minimum absolute atomic E-state index is 0.0199. The molecule has 2 aromatic carbocycles. The molecular weight excluding hydrogens is 424 g/mol. The number of benzene rings is 2. The summed E-state index contributed by atoms with van der Waals surface area (Å²) in [5.74, 6) is -0.281. The molecular formula is C28H36N4O2. The molecule has 0 radical (unpaired) electrons. The molecule has 3 aliphatic rings. The number of hydrogen-bond acceptors (Lipinski definition) is 4. The van der Waals surface area contributed by atoms with Crippen LogP contribution >= 0.6 is 0 Å². The van der Waals surface area contributed by atoms with Crippen molar-refractivity contribution in [3.8, 4) is 0 Å². The van der Waals surface area contributed by atoms with Crippen LogP contribution in [0.2, 0.25) is 0 Å². The third-order valence-corrected chi connectivity index (χ3v) is 8.12. The fourth-order valence-electron chi connectivity index (χ4n) is 6.57. The zero-order valence-corrected chi connectivity index (χ0v) is 20.6. The number of aryl methyl sites for hydroxylation is 1. The summed E-state index contributed by atoms with van der Waals surface area (Å²) < 4.78 is 0. The summed E-state index contributed by atoms with van der Waals surface area (Å²) in [6, 6.07) is 16.9. The van der Waals surface area contributed by atoms with E-state index in [1.165, 1.54) is 11.3 Å². The lowest BCUT2D eigenvalue weighted by molar-refractivity contribution is -0.138. The van der Waals surface area contributed by atoms with Crippen LogP contribution in [-0.2, 0) is 15.1 Å². The molecule has 1 N–H and O–H groups in total. The van der Waals surface area contributed by atoms with Gasteiger partial charge in [-0.15, -0.1) is 0 Å². The van der Waals surface area contributed by atoms with Crippen LogP contribution in [0.3, 0.4) is 0 Å². The first-order chi connectivity index (χ1) is 16.5. The molecule has 3 atom stereocenters. The molecule has 1 spiro atoms. The summed E-state index contributed by atoms with van der Waals surface area (Å²) in [4.78, 5) is 33.8. The van der Waals surface area contributed by atoms with Crippen LogP contribution in [0.15, 0.2) is 48.5 Å². The summed E-state index contributed by atoms with van der Waals surface area (Å²) in [6.07, 6.45) is 3.77. The van der Waals surface area contributed by atoms with Crippen molar-refractivity contribution in [2.24, 2.45) is 5.92 Å². The van der Waals surface area contributed by atoms with Crippen LogP contribution in [0.1, 0.15) is 43.7 Å². The van der Waals surface area contributed by atoms with E-state index in [-0.39, 0.29) is 17.7 Å². The average Bonchev–Trinajstić information content (AvgIpc) is 3.49. The van der Waals surface area contributed by atoms with E-state index in [2.05, 4.69) is 59.3 Å². The van der Waals surface area contributed by atoms with Crippen LogP contribution in [0, 0.1) is 12.8 Å². The Bertz CT molecular complexity index is 1090. The lowest BCUT2D eigenvalue weighted by Gasteiger charge is -2.37. The highest BCUT2D eigenvalue weighted by molar-refractivity contribution is 6.10. The first kappa shape index (κ1) is 22.9. The molecule has 0 aliphatic carbocycles. The summed E-state index contributed by atoms with van der Waals surface area (Å²) in [5, 5.41) is 3.21. The molecule has 3 unspecified atom stereocenters. The van der Waals surface area contributed by atoms with Gasteiger partial charge in [0.1, 0.15) is 5.54 Å². The zero-order chi connectivity index (χ0) is 23.9. The highest BCUT2D eigenvalue weighted by Gasteiger charge is 2.66. The Morgan fingerprint density at radius 3 is 2.82 bits per heavy atom. The maximum Gasteiger partial charge on any atom is 0.252 e.